The van der Waals surface area contributed by atoms with E-state index in [4.69, 9.17) is 0 Å². The van der Waals surface area contributed by atoms with Gasteiger partial charge in [-0.05, 0) is 43.2 Å². The molecule has 2 atom stereocenters. The molecule has 4 rings (SSSR count). The minimum Gasteiger partial charge on any atom is -0.348 e. The lowest BCUT2D eigenvalue weighted by Gasteiger charge is -2.29. The molecule has 2 aliphatic heterocycles. The molecule has 0 saturated carbocycles. The maximum absolute atomic E-state index is 12.3. The standard InChI is InChI=1S/C14H16N2OS2/c17-14(13-7-12-11(19-13)3-4-18-12)16-10-5-8-1-2-9(6-10)15-8/h3-4,7-10,15H,1-2,5-6H2,(H,16,17). The second-order valence-electron chi connectivity index (χ2n) is 5.54. The molecule has 3 nitrogen and oxygen atoms in total. The number of fused-ring (bicyclic) bond motifs is 3. The van der Waals surface area contributed by atoms with E-state index >= 15 is 0 Å². The van der Waals surface area contributed by atoms with E-state index in [0.29, 0.717) is 18.1 Å². The highest BCUT2D eigenvalue weighted by molar-refractivity contribution is 7.27. The van der Waals surface area contributed by atoms with Crippen LogP contribution in [0.1, 0.15) is 35.4 Å². The summed E-state index contributed by atoms with van der Waals surface area (Å²) in [4.78, 5) is 13.2. The molecule has 2 saturated heterocycles. The predicted octanol–water partition coefficient (Wildman–Crippen LogP) is 2.98. The molecule has 5 heteroatoms. The van der Waals surface area contributed by atoms with Crippen LogP contribution in [0, 0.1) is 0 Å². The number of amides is 1. The van der Waals surface area contributed by atoms with E-state index in [9.17, 15) is 4.79 Å². The molecule has 2 aromatic heterocycles. The third-order valence-electron chi connectivity index (χ3n) is 4.17. The van der Waals surface area contributed by atoms with Gasteiger partial charge in [0.15, 0.2) is 0 Å². The minimum absolute atomic E-state index is 0.111. The molecule has 2 aliphatic rings. The van der Waals surface area contributed by atoms with Gasteiger partial charge >= 0.3 is 0 Å². The maximum Gasteiger partial charge on any atom is 0.261 e. The first-order chi connectivity index (χ1) is 9.28. The highest BCUT2D eigenvalue weighted by Crippen LogP contribution is 2.31. The van der Waals surface area contributed by atoms with Gasteiger partial charge in [0, 0.05) is 27.5 Å². The zero-order valence-corrected chi connectivity index (χ0v) is 12.2. The van der Waals surface area contributed by atoms with Crippen molar-refractivity contribution in [2.45, 2.75) is 43.8 Å². The molecule has 2 aromatic rings. The fourth-order valence-electron chi connectivity index (χ4n) is 3.31. The average molecular weight is 292 g/mol. The van der Waals surface area contributed by atoms with Crippen LogP contribution < -0.4 is 10.6 Å². The lowest BCUT2D eigenvalue weighted by atomic mass is 10.00. The van der Waals surface area contributed by atoms with Crippen molar-refractivity contribution in [1.82, 2.24) is 10.6 Å². The SMILES string of the molecule is O=C(NC1CC2CCC(C1)N2)c1cc2sccc2s1. The quantitative estimate of drug-likeness (QED) is 0.893. The summed E-state index contributed by atoms with van der Waals surface area (Å²) >= 11 is 3.30. The van der Waals surface area contributed by atoms with E-state index in [1.54, 1.807) is 22.7 Å². The number of carbonyl (C=O) groups is 1. The van der Waals surface area contributed by atoms with E-state index in [0.717, 1.165) is 17.7 Å². The summed E-state index contributed by atoms with van der Waals surface area (Å²) in [7, 11) is 0. The largest absolute Gasteiger partial charge is 0.348 e. The highest BCUT2D eigenvalue weighted by atomic mass is 32.1. The molecule has 19 heavy (non-hydrogen) atoms. The fraction of sp³-hybridized carbons (Fsp3) is 0.500. The van der Waals surface area contributed by atoms with Gasteiger partial charge in [-0.2, -0.15) is 0 Å². The van der Waals surface area contributed by atoms with Crippen LogP contribution in [0.15, 0.2) is 17.5 Å². The zero-order valence-electron chi connectivity index (χ0n) is 10.5. The smallest absolute Gasteiger partial charge is 0.261 e. The molecule has 0 radical (unpaired) electrons. The van der Waals surface area contributed by atoms with Gasteiger partial charge in [0.1, 0.15) is 0 Å². The summed E-state index contributed by atoms with van der Waals surface area (Å²) in [6.45, 7) is 0. The topological polar surface area (TPSA) is 41.1 Å². The van der Waals surface area contributed by atoms with Crippen molar-refractivity contribution in [1.29, 1.82) is 0 Å². The Morgan fingerprint density at radius 1 is 1.26 bits per heavy atom. The second-order valence-corrected chi connectivity index (χ2v) is 7.57. The molecule has 0 aromatic carbocycles. The van der Waals surface area contributed by atoms with Crippen LogP contribution in [0.25, 0.3) is 9.40 Å². The summed E-state index contributed by atoms with van der Waals surface area (Å²) < 4.78 is 2.45. The molecule has 2 N–H and O–H groups in total. The predicted molar refractivity (Wildman–Crippen MR) is 80.1 cm³/mol. The van der Waals surface area contributed by atoms with Gasteiger partial charge < -0.3 is 10.6 Å². The Hall–Kier alpha value is -0.910. The van der Waals surface area contributed by atoms with Crippen molar-refractivity contribution in [2.75, 3.05) is 0 Å². The van der Waals surface area contributed by atoms with Gasteiger partial charge in [-0.1, -0.05) is 0 Å². The number of nitrogens with one attached hydrogen (secondary N) is 2. The van der Waals surface area contributed by atoms with Crippen LogP contribution >= 0.6 is 22.7 Å². The lowest BCUT2D eigenvalue weighted by Crippen LogP contribution is -2.47. The fourth-order valence-corrected chi connectivity index (χ4v) is 5.32. The van der Waals surface area contributed by atoms with Crippen LogP contribution in [0.5, 0.6) is 0 Å². The number of hydrogen-bond acceptors (Lipinski definition) is 4. The van der Waals surface area contributed by atoms with Crippen LogP contribution in [-0.4, -0.2) is 24.0 Å². The van der Waals surface area contributed by atoms with E-state index < -0.39 is 0 Å². The first kappa shape index (κ1) is 11.9. The van der Waals surface area contributed by atoms with Crippen molar-refractivity contribution in [3.05, 3.63) is 22.4 Å². The Morgan fingerprint density at radius 3 is 2.79 bits per heavy atom. The lowest BCUT2D eigenvalue weighted by molar-refractivity contribution is 0.0928. The average Bonchev–Trinajstić information content (AvgIpc) is 3.03. The molecule has 100 valence electrons. The van der Waals surface area contributed by atoms with Crippen molar-refractivity contribution in [3.63, 3.8) is 0 Å². The van der Waals surface area contributed by atoms with Crippen molar-refractivity contribution in [3.8, 4) is 0 Å². The molecular formula is C14H16N2OS2. The van der Waals surface area contributed by atoms with Crippen LogP contribution in [0.4, 0.5) is 0 Å². The Kier molecular flexibility index (Phi) is 2.86. The molecular weight excluding hydrogens is 276 g/mol. The third-order valence-corrected chi connectivity index (χ3v) is 6.26. The van der Waals surface area contributed by atoms with E-state index in [2.05, 4.69) is 22.1 Å². The van der Waals surface area contributed by atoms with E-state index in [-0.39, 0.29) is 5.91 Å². The zero-order chi connectivity index (χ0) is 12.8. The third kappa shape index (κ3) is 2.20. The normalized spacial score (nSPS) is 29.8. The van der Waals surface area contributed by atoms with Crippen LogP contribution in [-0.2, 0) is 0 Å². The van der Waals surface area contributed by atoms with Crippen LogP contribution in [0.3, 0.4) is 0 Å². The van der Waals surface area contributed by atoms with Gasteiger partial charge in [-0.3, -0.25) is 4.79 Å². The van der Waals surface area contributed by atoms with Gasteiger partial charge in [0.2, 0.25) is 0 Å². The highest BCUT2D eigenvalue weighted by Gasteiger charge is 2.34. The summed E-state index contributed by atoms with van der Waals surface area (Å²) in [5.74, 6) is 0.111. The molecule has 2 bridgehead atoms. The minimum atomic E-state index is 0.111. The Morgan fingerprint density at radius 2 is 2.05 bits per heavy atom. The van der Waals surface area contributed by atoms with Crippen LogP contribution in [0.2, 0.25) is 0 Å². The molecule has 2 fully saturated rings. The number of rotatable bonds is 2. The molecule has 0 aliphatic carbocycles. The van der Waals surface area contributed by atoms with Gasteiger partial charge in [-0.25, -0.2) is 0 Å². The Bertz CT molecular complexity index is 577. The number of piperidine rings is 1. The van der Waals surface area contributed by atoms with Crippen molar-refractivity contribution in [2.24, 2.45) is 0 Å². The summed E-state index contributed by atoms with van der Waals surface area (Å²) in [5.41, 5.74) is 0. The summed E-state index contributed by atoms with van der Waals surface area (Å²) in [5, 5.41) is 8.90. The first-order valence-electron chi connectivity index (χ1n) is 6.82. The van der Waals surface area contributed by atoms with E-state index in [1.165, 1.54) is 22.2 Å². The number of hydrogen-bond donors (Lipinski definition) is 2. The van der Waals surface area contributed by atoms with Crippen molar-refractivity contribution >= 4 is 38.0 Å². The number of carbonyl (C=O) groups excluding carboxylic acids is 1. The van der Waals surface area contributed by atoms with Gasteiger partial charge in [-0.15, -0.1) is 22.7 Å². The Labute approximate surface area is 120 Å². The maximum atomic E-state index is 12.3. The Balaban J connectivity index is 1.47. The van der Waals surface area contributed by atoms with Crippen molar-refractivity contribution < 1.29 is 4.79 Å². The monoisotopic (exact) mass is 292 g/mol. The summed E-state index contributed by atoms with van der Waals surface area (Å²) in [6, 6.07) is 5.71. The number of thiophene rings is 2. The second kappa shape index (κ2) is 4.58. The molecule has 2 unspecified atom stereocenters. The molecule has 0 spiro atoms. The summed E-state index contributed by atoms with van der Waals surface area (Å²) in [6.07, 6.45) is 4.71. The van der Waals surface area contributed by atoms with E-state index in [1.807, 2.05) is 6.07 Å². The van der Waals surface area contributed by atoms with Gasteiger partial charge in [0.05, 0.1) is 4.88 Å². The molecule has 4 heterocycles. The first-order valence-corrected chi connectivity index (χ1v) is 8.51. The van der Waals surface area contributed by atoms with Gasteiger partial charge in [0.25, 0.3) is 5.91 Å². The molecule has 1 amide bonds.